The number of hydrogen-bond donors (Lipinski definition) is 3. The van der Waals surface area contributed by atoms with Gasteiger partial charge in [-0.15, -0.1) is 0 Å². The van der Waals surface area contributed by atoms with Crippen molar-refractivity contribution in [2.45, 2.75) is 25.8 Å². The van der Waals surface area contributed by atoms with E-state index in [4.69, 9.17) is 20.9 Å². The first-order valence-electron chi connectivity index (χ1n) is 11.3. The highest BCUT2D eigenvalue weighted by molar-refractivity contribution is 5.94. The smallest absolute Gasteiger partial charge is 0.220 e. The molecule has 1 atom stereocenters. The zero-order valence-electron chi connectivity index (χ0n) is 19.0. The minimum absolute atomic E-state index is 0.0167. The molecule has 9 heteroatoms. The molecule has 4 heterocycles. The number of morpholine rings is 1. The molecule has 174 valence electrons. The molecule has 2 aromatic rings. The maximum absolute atomic E-state index is 11.4. The summed E-state index contributed by atoms with van der Waals surface area (Å²) in [6.45, 7) is 9.33. The van der Waals surface area contributed by atoms with Crippen molar-refractivity contribution in [3.05, 3.63) is 48.4 Å². The Morgan fingerprint density at radius 3 is 2.85 bits per heavy atom. The number of imidazole rings is 1. The number of ether oxygens (including phenoxy) is 1. The molecular weight excluding hydrogens is 418 g/mol. The Kier molecular flexibility index (Phi) is 6.88. The second kappa shape index (κ2) is 9.99. The highest BCUT2D eigenvalue weighted by atomic mass is 16.5. The number of amides is 1. The number of primary amides is 1. The number of anilines is 1. The van der Waals surface area contributed by atoms with Gasteiger partial charge >= 0.3 is 0 Å². The van der Waals surface area contributed by atoms with E-state index in [0.29, 0.717) is 31.4 Å². The van der Waals surface area contributed by atoms with Crippen LogP contribution in [0.1, 0.15) is 25.6 Å². The fraction of sp³-hybridized carbons (Fsp3) is 0.417. The predicted molar refractivity (Wildman–Crippen MR) is 129 cm³/mol. The third-order valence-electron chi connectivity index (χ3n) is 6.23. The number of piperidine rings is 1. The number of H-pyrrole nitrogens is 1. The van der Waals surface area contributed by atoms with Crippen molar-refractivity contribution in [2.75, 3.05) is 37.7 Å². The summed E-state index contributed by atoms with van der Waals surface area (Å²) in [5.41, 5.74) is 8.03. The quantitative estimate of drug-likeness (QED) is 0.353. The Morgan fingerprint density at radius 1 is 1.33 bits per heavy atom. The molecule has 2 aromatic heterocycles. The van der Waals surface area contributed by atoms with Crippen LogP contribution in [0.4, 0.5) is 5.82 Å². The monoisotopic (exact) mass is 449 g/mol. The number of pyridine rings is 1. The van der Waals surface area contributed by atoms with E-state index in [0.717, 1.165) is 48.7 Å². The fourth-order valence-corrected chi connectivity index (χ4v) is 4.25. The first-order chi connectivity index (χ1) is 15.9. The molecular formula is C24H31N7O2. The molecule has 9 nitrogen and oxygen atoms in total. The fourth-order valence-electron chi connectivity index (χ4n) is 4.25. The van der Waals surface area contributed by atoms with E-state index in [9.17, 15) is 4.79 Å². The molecule has 2 aliphatic rings. The molecule has 0 saturated carbocycles. The molecule has 0 spiro atoms. The molecule has 0 aromatic carbocycles. The van der Waals surface area contributed by atoms with Crippen molar-refractivity contribution < 1.29 is 9.53 Å². The third-order valence-corrected chi connectivity index (χ3v) is 6.23. The van der Waals surface area contributed by atoms with Crippen LogP contribution in [0.5, 0.6) is 0 Å². The van der Waals surface area contributed by atoms with Gasteiger partial charge in [-0.2, -0.15) is 0 Å². The van der Waals surface area contributed by atoms with Gasteiger partial charge in [-0.05, 0) is 44.1 Å². The van der Waals surface area contributed by atoms with Crippen LogP contribution in [0.25, 0.3) is 17.5 Å². The van der Waals surface area contributed by atoms with Crippen LogP contribution in [0.2, 0.25) is 0 Å². The van der Waals surface area contributed by atoms with Crippen LogP contribution < -0.4 is 10.6 Å². The number of rotatable bonds is 6. The molecule has 2 aliphatic heterocycles. The zero-order chi connectivity index (χ0) is 23.4. The molecule has 33 heavy (non-hydrogen) atoms. The van der Waals surface area contributed by atoms with E-state index in [2.05, 4.69) is 21.4 Å². The van der Waals surface area contributed by atoms with Gasteiger partial charge < -0.3 is 25.3 Å². The van der Waals surface area contributed by atoms with E-state index in [1.807, 2.05) is 30.0 Å². The average Bonchev–Trinajstić information content (AvgIpc) is 3.32. The average molecular weight is 450 g/mol. The Bertz CT molecular complexity index is 1050. The summed E-state index contributed by atoms with van der Waals surface area (Å²) in [6.07, 6.45) is 6.80. The summed E-state index contributed by atoms with van der Waals surface area (Å²) in [5, 5.41) is 8.46. The summed E-state index contributed by atoms with van der Waals surface area (Å²) in [4.78, 5) is 28.1. The van der Waals surface area contributed by atoms with Gasteiger partial charge in [0.05, 0.1) is 36.8 Å². The highest BCUT2D eigenvalue weighted by Gasteiger charge is 2.25. The van der Waals surface area contributed by atoms with Gasteiger partial charge in [0.2, 0.25) is 5.91 Å². The van der Waals surface area contributed by atoms with E-state index < -0.39 is 0 Å². The molecule has 1 unspecified atom stereocenters. The standard InChI is InChI=1S/C24H31N7O2/c1-16(2)20-15-33-13-12-31(20)21(25)6-7-22-27-14-19(28-22)18-4-3-5-23(29-18)30-10-8-17(9-11-30)24(26)32/h3-7,14,17,20,25H,1,8-13,15H2,2H3,(H2,26,32)(H,27,28)/b7-6-,25-21?. The van der Waals surface area contributed by atoms with Crippen LogP contribution in [-0.4, -0.2) is 70.5 Å². The van der Waals surface area contributed by atoms with Crippen molar-refractivity contribution in [3.63, 3.8) is 0 Å². The Hall–Kier alpha value is -3.46. The van der Waals surface area contributed by atoms with Crippen LogP contribution in [-0.2, 0) is 9.53 Å². The summed E-state index contributed by atoms with van der Waals surface area (Å²) in [5.74, 6) is 1.68. The molecule has 4 N–H and O–H groups in total. The van der Waals surface area contributed by atoms with Gasteiger partial charge in [0.25, 0.3) is 0 Å². The van der Waals surface area contributed by atoms with Crippen LogP contribution in [0.3, 0.4) is 0 Å². The molecule has 2 fully saturated rings. The van der Waals surface area contributed by atoms with Gasteiger partial charge in [-0.25, -0.2) is 9.97 Å². The number of aromatic amines is 1. The lowest BCUT2D eigenvalue weighted by Gasteiger charge is -2.36. The lowest BCUT2D eigenvalue weighted by molar-refractivity contribution is -0.122. The van der Waals surface area contributed by atoms with Crippen molar-refractivity contribution in [1.29, 1.82) is 5.41 Å². The predicted octanol–water partition coefficient (Wildman–Crippen LogP) is 2.44. The number of hydrogen-bond acceptors (Lipinski definition) is 6. The number of amidine groups is 1. The lowest BCUT2D eigenvalue weighted by Crippen LogP contribution is -2.48. The second-order valence-corrected chi connectivity index (χ2v) is 8.58. The maximum Gasteiger partial charge on any atom is 0.220 e. The SMILES string of the molecule is C=C(C)C1COCCN1C(=N)/C=C\c1ncc(-c2cccc(N3CCC(C(N)=O)CC3)n2)[nH]1. The summed E-state index contributed by atoms with van der Waals surface area (Å²) < 4.78 is 5.54. The van der Waals surface area contributed by atoms with E-state index >= 15 is 0 Å². The largest absolute Gasteiger partial charge is 0.377 e. The Morgan fingerprint density at radius 2 is 2.12 bits per heavy atom. The number of nitrogens with two attached hydrogens (primary N) is 1. The normalized spacial score (nSPS) is 19.7. The van der Waals surface area contributed by atoms with Gasteiger partial charge in [0.1, 0.15) is 17.5 Å². The number of carbonyl (C=O) groups is 1. The van der Waals surface area contributed by atoms with Gasteiger partial charge in [-0.3, -0.25) is 10.2 Å². The highest BCUT2D eigenvalue weighted by Crippen LogP contribution is 2.24. The first-order valence-corrected chi connectivity index (χ1v) is 11.3. The molecule has 0 bridgehead atoms. The number of nitrogens with zero attached hydrogens (tertiary/aromatic N) is 4. The number of carbonyl (C=O) groups excluding carboxylic acids is 1. The van der Waals surface area contributed by atoms with Gasteiger partial charge in [0, 0.05) is 25.6 Å². The summed E-state index contributed by atoms with van der Waals surface area (Å²) in [7, 11) is 0. The molecule has 1 amide bonds. The number of nitrogens with one attached hydrogen (secondary N) is 2. The van der Waals surface area contributed by atoms with Gasteiger partial charge in [-0.1, -0.05) is 18.2 Å². The third kappa shape index (κ3) is 5.31. The Labute approximate surface area is 193 Å². The van der Waals surface area contributed by atoms with Crippen molar-refractivity contribution in [3.8, 4) is 11.4 Å². The second-order valence-electron chi connectivity index (χ2n) is 8.58. The summed E-state index contributed by atoms with van der Waals surface area (Å²) >= 11 is 0. The first kappa shape index (κ1) is 22.7. The minimum Gasteiger partial charge on any atom is -0.377 e. The van der Waals surface area contributed by atoms with E-state index in [1.54, 1.807) is 18.3 Å². The Balaban J connectivity index is 1.42. The maximum atomic E-state index is 11.4. The molecule has 2 saturated heterocycles. The van der Waals surface area contributed by atoms with Crippen LogP contribution in [0.15, 0.2) is 42.6 Å². The molecule has 0 radical (unpaired) electrons. The summed E-state index contributed by atoms with van der Waals surface area (Å²) in [6, 6.07) is 5.91. The molecule has 0 aliphatic carbocycles. The van der Waals surface area contributed by atoms with Crippen molar-refractivity contribution >= 4 is 23.6 Å². The van der Waals surface area contributed by atoms with Gasteiger partial charge in [0.15, 0.2) is 0 Å². The topological polar surface area (TPSA) is 124 Å². The van der Waals surface area contributed by atoms with Crippen LogP contribution in [0, 0.1) is 11.3 Å². The lowest BCUT2D eigenvalue weighted by atomic mass is 9.96. The van der Waals surface area contributed by atoms with E-state index in [1.165, 1.54) is 0 Å². The molecule has 4 rings (SSSR count). The van der Waals surface area contributed by atoms with Crippen molar-refractivity contribution in [1.82, 2.24) is 19.9 Å². The van der Waals surface area contributed by atoms with Crippen molar-refractivity contribution in [2.24, 2.45) is 11.7 Å². The van der Waals surface area contributed by atoms with Crippen LogP contribution >= 0.6 is 0 Å². The van der Waals surface area contributed by atoms with E-state index in [-0.39, 0.29) is 17.9 Å². The number of aromatic nitrogens is 3. The zero-order valence-corrected chi connectivity index (χ0v) is 19.0. The minimum atomic E-state index is -0.216.